The van der Waals surface area contributed by atoms with Gasteiger partial charge in [-0.15, -0.1) is 0 Å². The van der Waals surface area contributed by atoms with Crippen molar-refractivity contribution in [3.8, 4) is 0 Å². The highest BCUT2D eigenvalue weighted by Gasteiger charge is 2.06. The van der Waals surface area contributed by atoms with Crippen molar-refractivity contribution in [2.24, 2.45) is 7.05 Å². The zero-order valence-electron chi connectivity index (χ0n) is 9.53. The van der Waals surface area contributed by atoms with Crippen molar-refractivity contribution in [1.82, 2.24) is 4.57 Å². The van der Waals surface area contributed by atoms with Crippen LogP contribution in [0.5, 0.6) is 0 Å². The maximum atomic E-state index is 5.17. The average molecular weight is 203 g/mol. The molecule has 1 aromatic heterocycles. The number of aromatic nitrogens is 1. The molecule has 0 aliphatic carbocycles. The number of fused-ring (bicyclic) bond motifs is 1. The van der Waals surface area contributed by atoms with Gasteiger partial charge in [0, 0.05) is 31.8 Å². The lowest BCUT2D eigenvalue weighted by Crippen LogP contribution is -2.01. The van der Waals surface area contributed by atoms with Crippen molar-refractivity contribution in [3.63, 3.8) is 0 Å². The Morgan fingerprint density at radius 2 is 2.13 bits per heavy atom. The number of hydrogen-bond acceptors (Lipinski definition) is 1. The Kier molecular flexibility index (Phi) is 2.78. The monoisotopic (exact) mass is 203 g/mol. The summed E-state index contributed by atoms with van der Waals surface area (Å²) in [6.45, 7) is 2.96. The van der Waals surface area contributed by atoms with Crippen LogP contribution in [0.1, 0.15) is 18.4 Å². The minimum Gasteiger partial charge on any atom is -0.384 e. The minimum absolute atomic E-state index is 0.458. The smallest absolute Gasteiger partial charge is 0.0528 e. The van der Waals surface area contributed by atoms with Gasteiger partial charge in [-0.1, -0.05) is 13.0 Å². The zero-order valence-corrected chi connectivity index (χ0v) is 9.53. The van der Waals surface area contributed by atoms with Gasteiger partial charge in [0.15, 0.2) is 0 Å². The van der Waals surface area contributed by atoms with Gasteiger partial charge < -0.3 is 9.30 Å². The molecule has 80 valence electrons. The summed E-state index contributed by atoms with van der Waals surface area (Å²) in [5, 5.41) is 1.30. The lowest BCUT2D eigenvalue weighted by atomic mass is 10.0. The first-order valence-corrected chi connectivity index (χ1v) is 5.26. The molecule has 0 saturated carbocycles. The van der Waals surface area contributed by atoms with Gasteiger partial charge in [0.25, 0.3) is 0 Å². The molecule has 15 heavy (non-hydrogen) atoms. The topological polar surface area (TPSA) is 14.2 Å². The summed E-state index contributed by atoms with van der Waals surface area (Å²) in [6, 6.07) is 8.76. The Labute approximate surface area is 90.5 Å². The summed E-state index contributed by atoms with van der Waals surface area (Å²) < 4.78 is 7.31. The lowest BCUT2D eigenvalue weighted by molar-refractivity contribution is 0.184. The van der Waals surface area contributed by atoms with Crippen LogP contribution in [-0.4, -0.2) is 18.3 Å². The molecule has 0 unspecified atom stereocenters. The zero-order chi connectivity index (χ0) is 10.8. The molecule has 0 spiro atoms. The number of aryl methyl sites for hydroxylation is 1. The first kappa shape index (κ1) is 10.2. The molecule has 1 atom stereocenters. The molecule has 1 heterocycles. The van der Waals surface area contributed by atoms with Crippen molar-refractivity contribution in [2.45, 2.75) is 12.8 Å². The standard InChI is InChI=1S/C13H17NO/c1-10(9-15-3)11-4-5-13-12(8-11)6-7-14(13)2/h4-8,10H,9H2,1-3H3/t10-/m1/s1. The van der Waals surface area contributed by atoms with E-state index >= 15 is 0 Å². The highest BCUT2D eigenvalue weighted by molar-refractivity contribution is 5.80. The van der Waals surface area contributed by atoms with Crippen LogP contribution in [0.15, 0.2) is 30.5 Å². The average Bonchev–Trinajstić information content (AvgIpc) is 2.60. The number of rotatable bonds is 3. The highest BCUT2D eigenvalue weighted by atomic mass is 16.5. The largest absolute Gasteiger partial charge is 0.384 e. The molecule has 0 saturated heterocycles. The number of methoxy groups -OCH3 is 1. The number of ether oxygens (including phenoxy) is 1. The fraction of sp³-hybridized carbons (Fsp3) is 0.385. The fourth-order valence-corrected chi connectivity index (χ4v) is 1.95. The van der Waals surface area contributed by atoms with E-state index in [-0.39, 0.29) is 0 Å². The predicted molar refractivity (Wildman–Crippen MR) is 63.2 cm³/mol. The SMILES string of the molecule is COC[C@@H](C)c1ccc2c(ccn2C)c1. The second-order valence-corrected chi connectivity index (χ2v) is 4.10. The van der Waals surface area contributed by atoms with Gasteiger partial charge in [-0.3, -0.25) is 0 Å². The third-order valence-corrected chi connectivity index (χ3v) is 2.89. The molecular weight excluding hydrogens is 186 g/mol. The molecule has 2 rings (SSSR count). The summed E-state index contributed by atoms with van der Waals surface area (Å²) in [4.78, 5) is 0. The van der Waals surface area contributed by atoms with Crippen LogP contribution in [0.4, 0.5) is 0 Å². The van der Waals surface area contributed by atoms with E-state index in [1.807, 2.05) is 0 Å². The Morgan fingerprint density at radius 1 is 1.33 bits per heavy atom. The number of benzene rings is 1. The Hall–Kier alpha value is -1.28. The molecule has 2 heteroatoms. The van der Waals surface area contributed by atoms with E-state index in [9.17, 15) is 0 Å². The normalized spacial score (nSPS) is 13.3. The maximum Gasteiger partial charge on any atom is 0.0528 e. The van der Waals surface area contributed by atoms with Crippen LogP contribution in [0.2, 0.25) is 0 Å². The molecule has 0 bridgehead atoms. The van der Waals surface area contributed by atoms with Crippen LogP contribution in [0.3, 0.4) is 0 Å². The van der Waals surface area contributed by atoms with E-state index in [0.29, 0.717) is 5.92 Å². The number of nitrogens with zero attached hydrogens (tertiary/aromatic N) is 1. The van der Waals surface area contributed by atoms with E-state index in [2.05, 4.69) is 49.0 Å². The van der Waals surface area contributed by atoms with E-state index in [1.54, 1.807) is 7.11 Å². The number of hydrogen-bond donors (Lipinski definition) is 0. The van der Waals surface area contributed by atoms with Gasteiger partial charge in [-0.25, -0.2) is 0 Å². The van der Waals surface area contributed by atoms with Gasteiger partial charge >= 0.3 is 0 Å². The highest BCUT2D eigenvalue weighted by Crippen LogP contribution is 2.22. The van der Waals surface area contributed by atoms with Gasteiger partial charge in [0.05, 0.1) is 6.61 Å². The summed E-state index contributed by atoms with van der Waals surface area (Å²) in [5.41, 5.74) is 2.62. The van der Waals surface area contributed by atoms with Crippen LogP contribution < -0.4 is 0 Å². The molecular formula is C13H17NO. The van der Waals surface area contributed by atoms with Crippen molar-refractivity contribution in [1.29, 1.82) is 0 Å². The second kappa shape index (κ2) is 4.07. The molecule has 1 aromatic carbocycles. The van der Waals surface area contributed by atoms with Crippen LogP contribution in [-0.2, 0) is 11.8 Å². The molecule has 0 aliphatic rings. The molecule has 2 aromatic rings. The van der Waals surface area contributed by atoms with Crippen molar-refractivity contribution >= 4 is 10.9 Å². The van der Waals surface area contributed by atoms with Gasteiger partial charge in [0.2, 0.25) is 0 Å². The summed E-state index contributed by atoms with van der Waals surface area (Å²) in [5.74, 6) is 0.458. The Morgan fingerprint density at radius 3 is 2.87 bits per heavy atom. The van der Waals surface area contributed by atoms with E-state index in [4.69, 9.17) is 4.74 Å². The molecule has 0 aliphatic heterocycles. The van der Waals surface area contributed by atoms with E-state index in [0.717, 1.165) is 6.61 Å². The lowest BCUT2D eigenvalue weighted by Gasteiger charge is -2.10. The summed E-state index contributed by atoms with van der Waals surface area (Å²) in [7, 11) is 3.82. The van der Waals surface area contributed by atoms with Crippen LogP contribution in [0.25, 0.3) is 10.9 Å². The fourth-order valence-electron chi connectivity index (χ4n) is 1.95. The molecule has 0 fully saturated rings. The second-order valence-electron chi connectivity index (χ2n) is 4.10. The van der Waals surface area contributed by atoms with Gasteiger partial charge in [0.1, 0.15) is 0 Å². The molecule has 0 radical (unpaired) electrons. The molecule has 0 amide bonds. The third-order valence-electron chi connectivity index (χ3n) is 2.89. The summed E-state index contributed by atoms with van der Waals surface area (Å²) in [6.07, 6.45) is 2.09. The quantitative estimate of drug-likeness (QED) is 0.748. The third kappa shape index (κ3) is 1.90. The minimum atomic E-state index is 0.458. The maximum absolute atomic E-state index is 5.17. The van der Waals surface area contributed by atoms with Crippen molar-refractivity contribution < 1.29 is 4.74 Å². The molecule has 0 N–H and O–H groups in total. The molecule has 2 nitrogen and oxygen atoms in total. The van der Waals surface area contributed by atoms with Crippen molar-refractivity contribution in [2.75, 3.05) is 13.7 Å². The van der Waals surface area contributed by atoms with E-state index in [1.165, 1.54) is 16.5 Å². The first-order valence-electron chi connectivity index (χ1n) is 5.26. The van der Waals surface area contributed by atoms with Crippen LogP contribution >= 0.6 is 0 Å². The first-order chi connectivity index (χ1) is 7.22. The summed E-state index contributed by atoms with van der Waals surface area (Å²) >= 11 is 0. The Bertz CT molecular complexity index is 459. The van der Waals surface area contributed by atoms with Gasteiger partial charge in [-0.05, 0) is 29.1 Å². The van der Waals surface area contributed by atoms with Crippen molar-refractivity contribution in [3.05, 3.63) is 36.0 Å². The predicted octanol–water partition coefficient (Wildman–Crippen LogP) is 2.93. The van der Waals surface area contributed by atoms with E-state index < -0.39 is 0 Å². The Balaban J connectivity index is 2.38. The van der Waals surface area contributed by atoms with Gasteiger partial charge in [-0.2, -0.15) is 0 Å². The van der Waals surface area contributed by atoms with Crippen LogP contribution in [0, 0.1) is 0 Å².